The zero-order chi connectivity index (χ0) is 11.8. The molecule has 0 heterocycles. The molecule has 0 amide bonds. The highest BCUT2D eigenvalue weighted by molar-refractivity contribution is 5.20. The van der Waals surface area contributed by atoms with Crippen molar-refractivity contribution in [3.63, 3.8) is 0 Å². The van der Waals surface area contributed by atoms with E-state index in [0.29, 0.717) is 0 Å². The smallest absolute Gasteiger partial charge is 0.0307 e. The summed E-state index contributed by atoms with van der Waals surface area (Å²) in [7, 11) is 0. The van der Waals surface area contributed by atoms with Crippen molar-refractivity contribution in [2.45, 2.75) is 27.2 Å². The molecule has 0 aliphatic carbocycles. The Kier molecular flexibility index (Phi) is 5.35. The fraction of sp³-hybridized carbons (Fsp3) is 0.250. The molecule has 0 aromatic heterocycles. The van der Waals surface area contributed by atoms with E-state index in [2.05, 4.69) is 57.2 Å². The Hall–Kier alpha value is -1.56. The molecule has 0 nitrogen and oxygen atoms in total. The summed E-state index contributed by atoms with van der Waals surface area (Å²) >= 11 is 0. The van der Waals surface area contributed by atoms with Crippen molar-refractivity contribution in [2.75, 3.05) is 0 Å². The zero-order valence-corrected chi connectivity index (χ0v) is 10.4. The van der Waals surface area contributed by atoms with Crippen LogP contribution in [0.4, 0.5) is 0 Å². The van der Waals surface area contributed by atoms with Crippen LogP contribution in [0.2, 0.25) is 0 Å². The maximum Gasteiger partial charge on any atom is -0.0307 e. The molecule has 2 aromatic carbocycles. The monoisotopic (exact) mass is 212 g/mol. The third kappa shape index (κ3) is 4.79. The first kappa shape index (κ1) is 12.5. The molecular weight excluding hydrogens is 192 g/mol. The fourth-order valence-corrected chi connectivity index (χ4v) is 1.36. The van der Waals surface area contributed by atoms with E-state index in [4.69, 9.17) is 0 Å². The van der Waals surface area contributed by atoms with Crippen molar-refractivity contribution in [1.82, 2.24) is 0 Å². The van der Waals surface area contributed by atoms with E-state index in [0.717, 1.165) is 6.42 Å². The van der Waals surface area contributed by atoms with E-state index < -0.39 is 0 Å². The highest BCUT2D eigenvalue weighted by Crippen LogP contribution is 2.02. The summed E-state index contributed by atoms with van der Waals surface area (Å²) in [6, 6.07) is 18.9. The van der Waals surface area contributed by atoms with E-state index in [-0.39, 0.29) is 0 Å². The molecular formula is C16H20. The average Bonchev–Trinajstić information content (AvgIpc) is 2.32. The van der Waals surface area contributed by atoms with Crippen molar-refractivity contribution in [3.05, 3.63) is 71.3 Å². The van der Waals surface area contributed by atoms with E-state index in [1.807, 2.05) is 18.2 Å². The second-order valence-electron chi connectivity index (χ2n) is 3.99. The lowest BCUT2D eigenvalue weighted by atomic mass is 10.1. The summed E-state index contributed by atoms with van der Waals surface area (Å²) in [6.45, 7) is 6.37. The van der Waals surface area contributed by atoms with Gasteiger partial charge in [-0.2, -0.15) is 0 Å². The minimum Gasteiger partial charge on any atom is -0.0622 e. The van der Waals surface area contributed by atoms with Crippen LogP contribution in [0.3, 0.4) is 0 Å². The van der Waals surface area contributed by atoms with Crippen LogP contribution in [0.15, 0.2) is 54.6 Å². The van der Waals surface area contributed by atoms with Gasteiger partial charge >= 0.3 is 0 Å². The molecule has 0 N–H and O–H groups in total. The van der Waals surface area contributed by atoms with Crippen LogP contribution < -0.4 is 0 Å². The van der Waals surface area contributed by atoms with Crippen molar-refractivity contribution in [3.8, 4) is 0 Å². The van der Waals surface area contributed by atoms with Gasteiger partial charge in [0, 0.05) is 0 Å². The summed E-state index contributed by atoms with van der Waals surface area (Å²) < 4.78 is 0. The maximum atomic E-state index is 2.18. The van der Waals surface area contributed by atoms with Crippen molar-refractivity contribution >= 4 is 0 Å². The van der Waals surface area contributed by atoms with Gasteiger partial charge in [-0.05, 0) is 25.8 Å². The minimum absolute atomic E-state index is 1.14. The summed E-state index contributed by atoms with van der Waals surface area (Å²) in [5.41, 5.74) is 4.08. The van der Waals surface area contributed by atoms with Crippen molar-refractivity contribution in [1.29, 1.82) is 0 Å². The topological polar surface area (TPSA) is 0 Å². The van der Waals surface area contributed by atoms with Gasteiger partial charge in [-0.15, -0.1) is 0 Å². The highest BCUT2D eigenvalue weighted by Gasteiger charge is 1.84. The lowest BCUT2D eigenvalue weighted by Crippen LogP contribution is -1.77. The number of aryl methyl sites for hydroxylation is 3. The molecule has 0 spiro atoms. The van der Waals surface area contributed by atoms with Crippen LogP contribution in [0.1, 0.15) is 23.6 Å². The first-order chi connectivity index (χ1) is 7.72. The molecule has 0 radical (unpaired) electrons. The fourth-order valence-electron chi connectivity index (χ4n) is 1.36. The third-order valence-corrected chi connectivity index (χ3v) is 2.47. The SMILES string of the molecule is CCc1ccc(C)cc1.Cc1ccccc1. The molecule has 2 rings (SSSR count). The van der Waals surface area contributed by atoms with Crippen LogP contribution in [0.25, 0.3) is 0 Å². The first-order valence-electron chi connectivity index (χ1n) is 5.79. The van der Waals surface area contributed by atoms with Crippen LogP contribution in [-0.2, 0) is 6.42 Å². The van der Waals surface area contributed by atoms with Crippen LogP contribution in [0, 0.1) is 13.8 Å². The molecule has 0 atom stereocenters. The number of benzene rings is 2. The first-order valence-corrected chi connectivity index (χ1v) is 5.79. The van der Waals surface area contributed by atoms with Gasteiger partial charge in [-0.1, -0.05) is 72.6 Å². The number of rotatable bonds is 1. The Bertz CT molecular complexity index is 384. The van der Waals surface area contributed by atoms with Crippen LogP contribution >= 0.6 is 0 Å². The average molecular weight is 212 g/mol. The maximum absolute atomic E-state index is 2.18. The molecule has 0 saturated heterocycles. The van der Waals surface area contributed by atoms with Gasteiger partial charge in [0.2, 0.25) is 0 Å². The lowest BCUT2D eigenvalue weighted by Gasteiger charge is -1.94. The van der Waals surface area contributed by atoms with Gasteiger partial charge in [0.15, 0.2) is 0 Å². The molecule has 0 unspecified atom stereocenters. The van der Waals surface area contributed by atoms with E-state index in [1.165, 1.54) is 16.7 Å². The summed E-state index contributed by atoms with van der Waals surface area (Å²) in [5.74, 6) is 0. The Balaban J connectivity index is 0.000000165. The highest BCUT2D eigenvalue weighted by atomic mass is 13.9. The number of hydrogen-bond donors (Lipinski definition) is 0. The van der Waals surface area contributed by atoms with Gasteiger partial charge in [0.25, 0.3) is 0 Å². The van der Waals surface area contributed by atoms with Gasteiger partial charge in [0.1, 0.15) is 0 Å². The summed E-state index contributed by atoms with van der Waals surface area (Å²) in [6.07, 6.45) is 1.14. The Labute approximate surface area is 99.0 Å². The molecule has 0 saturated carbocycles. The molecule has 0 aliphatic rings. The third-order valence-electron chi connectivity index (χ3n) is 2.47. The second-order valence-corrected chi connectivity index (χ2v) is 3.99. The normalized spacial score (nSPS) is 9.19. The standard InChI is InChI=1S/C9H12.C7H8/c1-3-9-6-4-8(2)5-7-9;1-7-5-3-2-4-6-7/h4-7H,3H2,1-2H3;2-6H,1H3. The molecule has 0 heteroatoms. The predicted octanol–water partition coefficient (Wildman–Crippen LogP) is 4.55. The quantitative estimate of drug-likeness (QED) is 0.650. The zero-order valence-electron chi connectivity index (χ0n) is 10.4. The minimum atomic E-state index is 1.14. The predicted molar refractivity (Wildman–Crippen MR) is 71.7 cm³/mol. The lowest BCUT2D eigenvalue weighted by molar-refractivity contribution is 1.14. The van der Waals surface area contributed by atoms with Gasteiger partial charge in [0.05, 0.1) is 0 Å². The van der Waals surface area contributed by atoms with Crippen LogP contribution in [-0.4, -0.2) is 0 Å². The Morgan fingerprint density at radius 1 is 0.688 bits per heavy atom. The molecule has 16 heavy (non-hydrogen) atoms. The summed E-state index contributed by atoms with van der Waals surface area (Å²) in [5, 5.41) is 0. The van der Waals surface area contributed by atoms with E-state index in [9.17, 15) is 0 Å². The molecule has 2 aromatic rings. The van der Waals surface area contributed by atoms with E-state index in [1.54, 1.807) is 0 Å². The molecule has 0 bridgehead atoms. The van der Waals surface area contributed by atoms with Crippen LogP contribution in [0.5, 0.6) is 0 Å². The Morgan fingerprint density at radius 3 is 1.56 bits per heavy atom. The van der Waals surface area contributed by atoms with Gasteiger partial charge in [-0.3, -0.25) is 0 Å². The summed E-state index contributed by atoms with van der Waals surface area (Å²) in [4.78, 5) is 0. The second kappa shape index (κ2) is 6.84. The van der Waals surface area contributed by atoms with Gasteiger partial charge in [-0.25, -0.2) is 0 Å². The molecule has 84 valence electrons. The number of hydrogen-bond acceptors (Lipinski definition) is 0. The Morgan fingerprint density at radius 2 is 1.19 bits per heavy atom. The van der Waals surface area contributed by atoms with Crippen molar-refractivity contribution in [2.24, 2.45) is 0 Å². The van der Waals surface area contributed by atoms with E-state index >= 15 is 0 Å². The molecule has 0 fully saturated rings. The van der Waals surface area contributed by atoms with Crippen molar-refractivity contribution < 1.29 is 0 Å². The van der Waals surface area contributed by atoms with Gasteiger partial charge < -0.3 is 0 Å². The molecule has 0 aliphatic heterocycles. The largest absolute Gasteiger partial charge is 0.0622 e.